The van der Waals surface area contributed by atoms with Crippen molar-refractivity contribution < 1.29 is 24.8 Å². The number of rotatable bonds is 2. The quantitative estimate of drug-likeness (QED) is 0.725. The van der Waals surface area contributed by atoms with E-state index in [1.807, 2.05) is 0 Å². The highest BCUT2D eigenvalue weighted by molar-refractivity contribution is 5.38. The van der Waals surface area contributed by atoms with Gasteiger partial charge in [-0.25, -0.2) is 0 Å². The van der Waals surface area contributed by atoms with E-state index in [-0.39, 0.29) is 18.1 Å². The maximum Gasteiger partial charge on any atom is 0.164 e. The molecular weight excluding hydrogens is 224 g/mol. The van der Waals surface area contributed by atoms with Crippen LogP contribution in [0.3, 0.4) is 0 Å². The zero-order valence-electron chi connectivity index (χ0n) is 9.75. The normalized spacial score (nSPS) is 27.2. The molecule has 1 heterocycles. The molecule has 0 aliphatic carbocycles. The highest BCUT2D eigenvalue weighted by Crippen LogP contribution is 2.39. The third-order valence-electron chi connectivity index (χ3n) is 2.62. The molecule has 94 valence electrons. The van der Waals surface area contributed by atoms with Gasteiger partial charge in [0.2, 0.25) is 0 Å². The second kappa shape index (κ2) is 4.18. The van der Waals surface area contributed by atoms with Crippen molar-refractivity contribution >= 4 is 0 Å². The fourth-order valence-electron chi connectivity index (χ4n) is 2.03. The summed E-state index contributed by atoms with van der Waals surface area (Å²) >= 11 is 0. The molecule has 5 nitrogen and oxygen atoms in total. The third kappa shape index (κ3) is 2.52. The summed E-state index contributed by atoms with van der Waals surface area (Å²) in [6.45, 7) is 3.31. The first-order valence-electron chi connectivity index (χ1n) is 5.41. The van der Waals surface area contributed by atoms with Gasteiger partial charge in [0, 0.05) is 6.07 Å². The van der Waals surface area contributed by atoms with E-state index in [9.17, 15) is 15.3 Å². The number of aromatic hydroxyl groups is 2. The Morgan fingerprint density at radius 2 is 1.71 bits per heavy atom. The molecule has 1 saturated heterocycles. The van der Waals surface area contributed by atoms with Gasteiger partial charge in [0.05, 0.1) is 6.61 Å². The maximum absolute atomic E-state index is 9.42. The summed E-state index contributed by atoms with van der Waals surface area (Å²) in [5.41, 5.74) is 0.576. The van der Waals surface area contributed by atoms with Gasteiger partial charge < -0.3 is 24.8 Å². The Balaban J connectivity index is 2.32. The number of benzene rings is 1. The van der Waals surface area contributed by atoms with Crippen molar-refractivity contribution in [1.82, 2.24) is 0 Å². The van der Waals surface area contributed by atoms with E-state index in [1.54, 1.807) is 13.8 Å². The second-order valence-electron chi connectivity index (χ2n) is 4.56. The molecule has 1 aliphatic rings. The predicted octanol–water partition coefficient (Wildman–Crippen LogP) is 1.28. The molecule has 5 heteroatoms. The summed E-state index contributed by atoms with van der Waals surface area (Å²) in [5, 5.41) is 28.1. The van der Waals surface area contributed by atoms with E-state index >= 15 is 0 Å². The molecule has 3 N–H and O–H groups in total. The van der Waals surface area contributed by atoms with Crippen LogP contribution in [0.2, 0.25) is 0 Å². The minimum atomic E-state index is -0.793. The predicted molar refractivity (Wildman–Crippen MR) is 59.6 cm³/mol. The zero-order valence-corrected chi connectivity index (χ0v) is 9.75. The van der Waals surface area contributed by atoms with Crippen molar-refractivity contribution in [2.24, 2.45) is 0 Å². The van der Waals surface area contributed by atoms with E-state index < -0.39 is 18.0 Å². The summed E-state index contributed by atoms with van der Waals surface area (Å²) in [6.07, 6.45) is -1.01. The molecule has 0 aromatic heterocycles. The lowest BCUT2D eigenvalue weighted by Gasteiger charge is -2.17. The number of hydrogen-bond donors (Lipinski definition) is 3. The summed E-state index contributed by atoms with van der Waals surface area (Å²) in [6, 6.07) is 4.20. The molecule has 1 aromatic carbocycles. The zero-order chi connectivity index (χ0) is 12.6. The lowest BCUT2D eigenvalue weighted by molar-refractivity contribution is -0.149. The van der Waals surface area contributed by atoms with Crippen LogP contribution in [0.5, 0.6) is 11.5 Å². The number of aliphatic hydroxyl groups excluding tert-OH is 1. The van der Waals surface area contributed by atoms with E-state index in [2.05, 4.69) is 0 Å². The monoisotopic (exact) mass is 240 g/mol. The summed E-state index contributed by atoms with van der Waals surface area (Å²) < 4.78 is 11.2. The van der Waals surface area contributed by atoms with E-state index in [1.165, 1.54) is 18.2 Å². The highest BCUT2D eigenvalue weighted by atomic mass is 16.8. The van der Waals surface area contributed by atoms with Crippen LogP contribution in [0.1, 0.15) is 25.5 Å². The first kappa shape index (κ1) is 12.2. The molecule has 1 fully saturated rings. The Labute approximate surface area is 99.2 Å². The molecule has 1 aliphatic heterocycles. The fourth-order valence-corrected chi connectivity index (χ4v) is 2.03. The van der Waals surface area contributed by atoms with Gasteiger partial charge in [-0.1, -0.05) is 0 Å². The van der Waals surface area contributed by atoms with Gasteiger partial charge in [-0.2, -0.15) is 0 Å². The molecule has 1 aromatic rings. The fraction of sp³-hybridized carbons (Fsp3) is 0.500. The lowest BCUT2D eigenvalue weighted by atomic mass is 10.0. The average Bonchev–Trinajstić information content (AvgIpc) is 2.52. The molecule has 0 radical (unpaired) electrons. The lowest BCUT2D eigenvalue weighted by Crippen LogP contribution is -2.23. The van der Waals surface area contributed by atoms with Crippen molar-refractivity contribution in [3.8, 4) is 11.5 Å². The minimum absolute atomic E-state index is 0.0509. The molecule has 0 unspecified atom stereocenters. The second-order valence-corrected chi connectivity index (χ2v) is 4.56. The third-order valence-corrected chi connectivity index (χ3v) is 2.62. The summed E-state index contributed by atoms with van der Waals surface area (Å²) in [4.78, 5) is 0. The van der Waals surface area contributed by atoms with Crippen LogP contribution in [0.4, 0.5) is 0 Å². The molecular formula is C12H16O5. The van der Waals surface area contributed by atoms with Gasteiger partial charge in [0.15, 0.2) is 5.79 Å². The van der Waals surface area contributed by atoms with Crippen LogP contribution >= 0.6 is 0 Å². The van der Waals surface area contributed by atoms with E-state index in [4.69, 9.17) is 9.47 Å². The Hall–Kier alpha value is -1.30. The number of hydrogen-bond acceptors (Lipinski definition) is 5. The van der Waals surface area contributed by atoms with Crippen LogP contribution < -0.4 is 0 Å². The number of ether oxygens (including phenoxy) is 2. The van der Waals surface area contributed by atoms with Gasteiger partial charge >= 0.3 is 0 Å². The average molecular weight is 240 g/mol. The van der Waals surface area contributed by atoms with Gasteiger partial charge in [-0.3, -0.25) is 0 Å². The highest BCUT2D eigenvalue weighted by Gasteiger charge is 2.41. The summed E-state index contributed by atoms with van der Waals surface area (Å²) in [5.74, 6) is -0.894. The molecule has 0 bridgehead atoms. The van der Waals surface area contributed by atoms with Gasteiger partial charge in [-0.05, 0) is 31.5 Å². The summed E-state index contributed by atoms with van der Waals surface area (Å²) in [7, 11) is 0. The van der Waals surface area contributed by atoms with Gasteiger partial charge in [0.1, 0.15) is 23.7 Å². The SMILES string of the molecule is CC1(C)O[C@@H](CO)[C@@H](c2cc(O)cc(O)c2)O1. The van der Waals surface area contributed by atoms with E-state index in [0.717, 1.165) is 0 Å². The van der Waals surface area contributed by atoms with Crippen molar-refractivity contribution in [3.63, 3.8) is 0 Å². The molecule has 17 heavy (non-hydrogen) atoms. The Morgan fingerprint density at radius 1 is 1.12 bits per heavy atom. The number of aliphatic hydroxyl groups is 1. The Kier molecular flexibility index (Phi) is 2.99. The van der Waals surface area contributed by atoms with Crippen molar-refractivity contribution in [2.75, 3.05) is 6.61 Å². The molecule has 2 rings (SSSR count). The standard InChI is InChI=1S/C12H16O5/c1-12(2)16-10(6-13)11(17-12)7-3-8(14)5-9(15)4-7/h3-5,10-11,13-15H,6H2,1-2H3/t10-,11+/m0/s1. The van der Waals surface area contributed by atoms with Gasteiger partial charge in [-0.15, -0.1) is 0 Å². The van der Waals surface area contributed by atoms with E-state index in [0.29, 0.717) is 5.56 Å². The topological polar surface area (TPSA) is 79.2 Å². The molecule has 0 amide bonds. The molecule has 0 saturated carbocycles. The number of phenolic OH excluding ortho intramolecular Hbond substituents is 2. The Bertz CT molecular complexity index is 395. The molecule has 0 spiro atoms. The number of phenols is 2. The molecule has 2 atom stereocenters. The van der Waals surface area contributed by atoms with Crippen molar-refractivity contribution in [1.29, 1.82) is 0 Å². The Morgan fingerprint density at radius 3 is 2.24 bits per heavy atom. The van der Waals surface area contributed by atoms with Crippen molar-refractivity contribution in [2.45, 2.75) is 31.8 Å². The van der Waals surface area contributed by atoms with Crippen molar-refractivity contribution in [3.05, 3.63) is 23.8 Å². The minimum Gasteiger partial charge on any atom is -0.508 e. The maximum atomic E-state index is 9.42. The van der Waals surface area contributed by atoms with Crippen LogP contribution in [0.15, 0.2) is 18.2 Å². The van der Waals surface area contributed by atoms with Crippen LogP contribution in [0.25, 0.3) is 0 Å². The first-order valence-corrected chi connectivity index (χ1v) is 5.41. The largest absolute Gasteiger partial charge is 0.508 e. The van der Waals surface area contributed by atoms with Gasteiger partial charge in [0.25, 0.3) is 0 Å². The van der Waals surface area contributed by atoms with Crippen LogP contribution in [-0.2, 0) is 9.47 Å². The van der Waals surface area contributed by atoms with Crippen LogP contribution in [0, 0.1) is 0 Å². The van der Waals surface area contributed by atoms with Crippen LogP contribution in [-0.4, -0.2) is 33.8 Å². The first-order chi connectivity index (χ1) is 7.91. The smallest absolute Gasteiger partial charge is 0.164 e.